The van der Waals surface area contributed by atoms with Crippen molar-refractivity contribution in [1.29, 1.82) is 0 Å². The summed E-state index contributed by atoms with van der Waals surface area (Å²) in [5.74, 6) is 0. The second kappa shape index (κ2) is 6.50. The lowest BCUT2D eigenvalue weighted by Gasteiger charge is -2.07. The molecule has 17 heavy (non-hydrogen) atoms. The lowest BCUT2D eigenvalue weighted by atomic mass is 10.0. The first-order valence-corrected chi connectivity index (χ1v) is 7.87. The molecule has 2 rings (SSSR count). The van der Waals surface area contributed by atoms with Gasteiger partial charge >= 0.3 is 0 Å². The van der Waals surface area contributed by atoms with Gasteiger partial charge in [0.1, 0.15) is 5.01 Å². The van der Waals surface area contributed by atoms with Crippen LogP contribution in [0.1, 0.15) is 73.5 Å². The Bertz CT molecular complexity index is 322. The number of fused-ring (bicyclic) bond motifs is 1. The number of aryl methyl sites for hydroxylation is 2. The highest BCUT2D eigenvalue weighted by atomic mass is 32.1. The molecule has 0 spiro atoms. The molecule has 0 radical (unpaired) electrons. The van der Waals surface area contributed by atoms with Crippen molar-refractivity contribution in [3.05, 3.63) is 15.6 Å². The van der Waals surface area contributed by atoms with Crippen molar-refractivity contribution in [1.82, 2.24) is 4.98 Å². The van der Waals surface area contributed by atoms with Crippen molar-refractivity contribution in [2.75, 3.05) is 0 Å². The zero-order valence-corrected chi connectivity index (χ0v) is 11.7. The molecule has 1 aliphatic rings. The molecule has 1 unspecified atom stereocenters. The summed E-state index contributed by atoms with van der Waals surface area (Å²) in [6.07, 6.45) is 11.3. The van der Waals surface area contributed by atoms with Gasteiger partial charge in [0, 0.05) is 4.88 Å². The highest BCUT2D eigenvalue weighted by Crippen LogP contribution is 2.30. The van der Waals surface area contributed by atoms with Gasteiger partial charge < -0.3 is 5.73 Å². The van der Waals surface area contributed by atoms with Crippen LogP contribution in [-0.4, -0.2) is 4.98 Å². The van der Waals surface area contributed by atoms with Crippen LogP contribution >= 0.6 is 11.3 Å². The summed E-state index contributed by atoms with van der Waals surface area (Å²) in [5, 5.41) is 1.19. The lowest BCUT2D eigenvalue weighted by Crippen LogP contribution is -2.10. The van der Waals surface area contributed by atoms with Crippen LogP contribution in [0.2, 0.25) is 0 Å². The van der Waals surface area contributed by atoms with E-state index in [9.17, 15) is 0 Å². The van der Waals surface area contributed by atoms with Crippen molar-refractivity contribution in [3.8, 4) is 0 Å². The third-order valence-electron chi connectivity index (χ3n) is 3.55. The van der Waals surface area contributed by atoms with Gasteiger partial charge in [-0.3, -0.25) is 0 Å². The predicted octanol–water partition coefficient (Wildman–Crippen LogP) is 3.99. The summed E-state index contributed by atoms with van der Waals surface area (Å²) in [4.78, 5) is 6.25. The van der Waals surface area contributed by atoms with E-state index in [0.29, 0.717) is 0 Å². The van der Waals surface area contributed by atoms with Crippen LogP contribution in [0, 0.1) is 0 Å². The minimum absolute atomic E-state index is 0.183. The molecule has 2 nitrogen and oxygen atoms in total. The van der Waals surface area contributed by atoms with Gasteiger partial charge in [0.25, 0.3) is 0 Å². The van der Waals surface area contributed by atoms with E-state index in [0.717, 1.165) is 6.42 Å². The first-order valence-electron chi connectivity index (χ1n) is 7.05. The van der Waals surface area contributed by atoms with Gasteiger partial charge in [-0.15, -0.1) is 11.3 Å². The first-order chi connectivity index (χ1) is 8.31. The molecule has 1 aromatic rings. The Balaban J connectivity index is 1.86. The average molecular weight is 252 g/mol. The Morgan fingerprint density at radius 1 is 1.24 bits per heavy atom. The highest BCUT2D eigenvalue weighted by molar-refractivity contribution is 7.11. The van der Waals surface area contributed by atoms with Crippen LogP contribution in [-0.2, 0) is 12.8 Å². The normalized spacial score (nSPS) is 16.8. The molecule has 0 saturated carbocycles. The third-order valence-corrected chi connectivity index (χ3v) is 4.84. The Morgan fingerprint density at radius 2 is 2.06 bits per heavy atom. The van der Waals surface area contributed by atoms with Crippen LogP contribution < -0.4 is 5.73 Å². The number of thiazole rings is 1. The quantitative estimate of drug-likeness (QED) is 0.777. The van der Waals surface area contributed by atoms with E-state index in [-0.39, 0.29) is 6.04 Å². The summed E-state index contributed by atoms with van der Waals surface area (Å²) >= 11 is 1.87. The van der Waals surface area contributed by atoms with Gasteiger partial charge in [-0.1, -0.05) is 32.6 Å². The van der Waals surface area contributed by atoms with E-state index < -0.39 is 0 Å². The largest absolute Gasteiger partial charge is 0.322 e. The zero-order valence-electron chi connectivity index (χ0n) is 10.9. The minimum Gasteiger partial charge on any atom is -0.322 e. The van der Waals surface area contributed by atoms with Crippen LogP contribution in [0.25, 0.3) is 0 Å². The average Bonchev–Trinajstić information content (AvgIpc) is 2.78. The molecule has 0 bridgehead atoms. The number of nitrogens with zero attached hydrogens (tertiary/aromatic N) is 1. The van der Waals surface area contributed by atoms with E-state index in [1.807, 2.05) is 11.3 Å². The molecular weight excluding hydrogens is 228 g/mol. The Kier molecular flexibility index (Phi) is 4.99. The molecule has 96 valence electrons. The lowest BCUT2D eigenvalue weighted by molar-refractivity contribution is 0.562. The van der Waals surface area contributed by atoms with Crippen LogP contribution in [0.5, 0.6) is 0 Å². The van der Waals surface area contributed by atoms with Crippen molar-refractivity contribution >= 4 is 11.3 Å². The molecule has 1 aromatic heterocycles. The zero-order chi connectivity index (χ0) is 12.1. The number of hydrogen-bond acceptors (Lipinski definition) is 3. The van der Waals surface area contributed by atoms with Gasteiger partial charge in [0.05, 0.1) is 11.7 Å². The summed E-state index contributed by atoms with van der Waals surface area (Å²) in [6.45, 7) is 2.24. The number of aromatic nitrogens is 1. The van der Waals surface area contributed by atoms with Gasteiger partial charge in [-0.05, 0) is 32.1 Å². The summed E-state index contributed by atoms with van der Waals surface area (Å²) in [5.41, 5.74) is 7.58. The second-order valence-electron chi connectivity index (χ2n) is 5.08. The predicted molar refractivity (Wildman–Crippen MR) is 74.4 cm³/mol. The molecule has 1 atom stereocenters. The molecule has 0 saturated heterocycles. The maximum atomic E-state index is 6.24. The first kappa shape index (κ1) is 13.0. The van der Waals surface area contributed by atoms with Crippen LogP contribution in [0.4, 0.5) is 0 Å². The monoisotopic (exact) mass is 252 g/mol. The Hall–Kier alpha value is -0.410. The molecule has 3 heteroatoms. The van der Waals surface area contributed by atoms with Gasteiger partial charge in [-0.25, -0.2) is 4.98 Å². The third kappa shape index (κ3) is 3.52. The molecule has 1 aliphatic carbocycles. The maximum Gasteiger partial charge on any atom is 0.110 e. The van der Waals surface area contributed by atoms with Crippen LogP contribution in [0.15, 0.2) is 0 Å². The molecular formula is C14H24N2S. The fraction of sp³-hybridized carbons (Fsp3) is 0.786. The molecule has 0 aliphatic heterocycles. The standard InChI is InChI=1S/C14H24N2S/c1-2-3-4-5-8-11(15)14-16-12-9-6-7-10-13(12)17-14/h11H,2-10,15H2,1H3. The number of nitrogens with two attached hydrogens (primary N) is 1. The fourth-order valence-corrected chi connectivity index (χ4v) is 3.63. The van der Waals surface area contributed by atoms with Crippen molar-refractivity contribution < 1.29 is 0 Å². The van der Waals surface area contributed by atoms with Gasteiger partial charge in [0.15, 0.2) is 0 Å². The SMILES string of the molecule is CCCCCCC(N)c1nc2c(s1)CCCC2. The van der Waals surface area contributed by atoms with E-state index >= 15 is 0 Å². The molecule has 2 N–H and O–H groups in total. The number of hydrogen-bond donors (Lipinski definition) is 1. The fourth-order valence-electron chi connectivity index (χ4n) is 2.45. The summed E-state index contributed by atoms with van der Waals surface area (Å²) in [6, 6.07) is 0.183. The van der Waals surface area contributed by atoms with E-state index in [1.54, 1.807) is 0 Å². The van der Waals surface area contributed by atoms with Gasteiger partial charge in [0.2, 0.25) is 0 Å². The van der Waals surface area contributed by atoms with Crippen LogP contribution in [0.3, 0.4) is 0 Å². The maximum absolute atomic E-state index is 6.24. The highest BCUT2D eigenvalue weighted by Gasteiger charge is 2.18. The molecule has 1 heterocycles. The van der Waals surface area contributed by atoms with Crippen molar-refractivity contribution in [2.45, 2.75) is 70.8 Å². The van der Waals surface area contributed by atoms with E-state index in [4.69, 9.17) is 10.7 Å². The van der Waals surface area contributed by atoms with Gasteiger partial charge in [-0.2, -0.15) is 0 Å². The van der Waals surface area contributed by atoms with E-state index in [1.165, 1.54) is 66.9 Å². The van der Waals surface area contributed by atoms with E-state index in [2.05, 4.69) is 6.92 Å². The summed E-state index contributed by atoms with van der Waals surface area (Å²) < 4.78 is 0. The molecule has 0 aromatic carbocycles. The second-order valence-corrected chi connectivity index (χ2v) is 6.20. The van der Waals surface area contributed by atoms with Crippen molar-refractivity contribution in [2.24, 2.45) is 5.73 Å². The Morgan fingerprint density at radius 3 is 2.82 bits per heavy atom. The summed E-state index contributed by atoms with van der Waals surface area (Å²) in [7, 11) is 0. The van der Waals surface area contributed by atoms with Crippen molar-refractivity contribution in [3.63, 3.8) is 0 Å². The molecule has 0 fully saturated rings. The number of rotatable bonds is 6. The topological polar surface area (TPSA) is 38.9 Å². The molecule has 0 amide bonds. The number of unbranched alkanes of at least 4 members (excludes halogenated alkanes) is 3. The Labute approximate surface area is 109 Å². The smallest absolute Gasteiger partial charge is 0.110 e. The minimum atomic E-state index is 0.183.